The lowest BCUT2D eigenvalue weighted by Gasteiger charge is -2.25. The van der Waals surface area contributed by atoms with Crippen molar-refractivity contribution in [3.8, 4) is 0 Å². The van der Waals surface area contributed by atoms with E-state index < -0.39 is 17.7 Å². The third-order valence-electron chi connectivity index (χ3n) is 3.08. The molecule has 1 heterocycles. The van der Waals surface area contributed by atoms with Crippen molar-refractivity contribution in [1.29, 1.82) is 0 Å². The first-order chi connectivity index (χ1) is 8.16. The number of rotatable bonds is 3. The van der Waals surface area contributed by atoms with Gasteiger partial charge in [-0.3, -0.25) is 0 Å². The third-order valence-corrected chi connectivity index (χ3v) is 3.08. The Bertz CT molecular complexity index is 376. The Kier molecular flexibility index (Phi) is 4.07. The van der Waals surface area contributed by atoms with E-state index in [0.29, 0.717) is 13.0 Å². The Labute approximate surface area is 99.2 Å². The molecule has 1 saturated heterocycles. The van der Waals surface area contributed by atoms with Gasteiger partial charge in [0.15, 0.2) is 0 Å². The fourth-order valence-corrected chi connectivity index (χ4v) is 2.14. The van der Waals surface area contributed by atoms with Crippen molar-refractivity contribution in [2.75, 3.05) is 6.61 Å². The monoisotopic (exact) mass is 242 g/mol. The van der Waals surface area contributed by atoms with Gasteiger partial charge < -0.3 is 9.84 Å². The van der Waals surface area contributed by atoms with Crippen LogP contribution >= 0.6 is 0 Å². The molecule has 94 valence electrons. The fraction of sp³-hybridized carbons (Fsp3) is 0.538. The molecule has 2 unspecified atom stereocenters. The largest absolute Gasteiger partial charge is 0.388 e. The topological polar surface area (TPSA) is 29.5 Å². The first-order valence-electron chi connectivity index (χ1n) is 5.91. The molecule has 1 N–H and O–H groups in total. The minimum atomic E-state index is -0.932. The van der Waals surface area contributed by atoms with Crippen molar-refractivity contribution in [3.05, 3.63) is 35.4 Å². The van der Waals surface area contributed by atoms with Gasteiger partial charge in [0, 0.05) is 24.7 Å². The second-order valence-corrected chi connectivity index (χ2v) is 4.41. The van der Waals surface area contributed by atoms with E-state index in [2.05, 4.69) is 0 Å². The predicted molar refractivity (Wildman–Crippen MR) is 59.5 cm³/mol. The Balaban J connectivity index is 2.00. The molecule has 1 fully saturated rings. The van der Waals surface area contributed by atoms with E-state index in [1.165, 1.54) is 6.07 Å². The molecule has 17 heavy (non-hydrogen) atoms. The zero-order valence-electron chi connectivity index (χ0n) is 9.53. The van der Waals surface area contributed by atoms with Crippen LogP contribution in [0.1, 0.15) is 37.4 Å². The number of aliphatic hydroxyl groups is 1. The normalized spacial score (nSPS) is 22.4. The summed E-state index contributed by atoms with van der Waals surface area (Å²) in [7, 11) is 0. The summed E-state index contributed by atoms with van der Waals surface area (Å²) >= 11 is 0. The average molecular weight is 242 g/mol. The highest BCUT2D eigenvalue weighted by Crippen LogP contribution is 2.26. The van der Waals surface area contributed by atoms with Gasteiger partial charge in [0.05, 0.1) is 12.2 Å². The van der Waals surface area contributed by atoms with E-state index in [-0.39, 0.29) is 11.7 Å². The van der Waals surface area contributed by atoms with Gasteiger partial charge >= 0.3 is 0 Å². The second kappa shape index (κ2) is 5.56. The number of halogens is 2. The maximum Gasteiger partial charge on any atom is 0.131 e. The van der Waals surface area contributed by atoms with Crippen LogP contribution in [-0.2, 0) is 4.74 Å². The summed E-state index contributed by atoms with van der Waals surface area (Å²) in [5, 5.41) is 9.90. The summed E-state index contributed by atoms with van der Waals surface area (Å²) in [6.45, 7) is 0.698. The molecule has 0 radical (unpaired) electrons. The van der Waals surface area contributed by atoms with Crippen LogP contribution in [0.15, 0.2) is 18.2 Å². The maximum absolute atomic E-state index is 13.4. The fourth-order valence-electron chi connectivity index (χ4n) is 2.14. The summed E-state index contributed by atoms with van der Waals surface area (Å²) < 4.78 is 31.6. The van der Waals surface area contributed by atoms with E-state index in [0.717, 1.165) is 31.4 Å². The summed E-state index contributed by atoms with van der Waals surface area (Å²) in [4.78, 5) is 0. The highest BCUT2D eigenvalue weighted by atomic mass is 19.1. The summed E-state index contributed by atoms with van der Waals surface area (Å²) in [6, 6.07) is 3.24. The lowest BCUT2D eigenvalue weighted by Crippen LogP contribution is -2.22. The number of aliphatic hydroxyl groups excluding tert-OH is 1. The van der Waals surface area contributed by atoms with E-state index in [1.807, 2.05) is 0 Å². The highest BCUT2D eigenvalue weighted by molar-refractivity contribution is 5.20. The lowest BCUT2D eigenvalue weighted by molar-refractivity contribution is -0.0161. The van der Waals surface area contributed by atoms with Crippen LogP contribution in [0.3, 0.4) is 0 Å². The SMILES string of the molecule is OC(CC1CCCCO1)c1ccc(F)cc1F. The van der Waals surface area contributed by atoms with Gasteiger partial charge in [0.1, 0.15) is 11.6 Å². The molecule has 2 nitrogen and oxygen atoms in total. The van der Waals surface area contributed by atoms with Gasteiger partial charge in [0.25, 0.3) is 0 Å². The van der Waals surface area contributed by atoms with E-state index in [1.54, 1.807) is 0 Å². The Morgan fingerprint density at radius 3 is 2.82 bits per heavy atom. The molecule has 2 atom stereocenters. The molecule has 1 aliphatic rings. The molecule has 0 amide bonds. The minimum absolute atomic E-state index is 0.0248. The summed E-state index contributed by atoms with van der Waals surface area (Å²) in [5.74, 6) is -1.33. The molecule has 0 aliphatic carbocycles. The Morgan fingerprint density at radius 1 is 1.35 bits per heavy atom. The van der Waals surface area contributed by atoms with Crippen LogP contribution in [0.25, 0.3) is 0 Å². The second-order valence-electron chi connectivity index (χ2n) is 4.41. The zero-order chi connectivity index (χ0) is 12.3. The van der Waals surface area contributed by atoms with Gasteiger partial charge in [-0.15, -0.1) is 0 Å². The van der Waals surface area contributed by atoms with Crippen LogP contribution in [0.4, 0.5) is 8.78 Å². The first kappa shape index (κ1) is 12.5. The standard InChI is InChI=1S/C13H16F2O2/c14-9-4-5-11(12(15)7-9)13(16)8-10-3-1-2-6-17-10/h4-5,7,10,13,16H,1-3,6,8H2. The summed E-state index contributed by atoms with van der Waals surface area (Å²) in [5.41, 5.74) is 0.139. The van der Waals surface area contributed by atoms with Crippen LogP contribution in [-0.4, -0.2) is 17.8 Å². The summed E-state index contributed by atoms with van der Waals surface area (Å²) in [6.07, 6.45) is 2.41. The smallest absolute Gasteiger partial charge is 0.131 e. The highest BCUT2D eigenvalue weighted by Gasteiger charge is 2.21. The number of ether oxygens (including phenoxy) is 1. The Morgan fingerprint density at radius 2 is 2.18 bits per heavy atom. The number of benzene rings is 1. The molecule has 2 rings (SSSR count). The number of hydrogen-bond acceptors (Lipinski definition) is 2. The molecule has 0 bridgehead atoms. The van der Waals surface area contributed by atoms with Crippen LogP contribution in [0.2, 0.25) is 0 Å². The van der Waals surface area contributed by atoms with Crippen molar-refractivity contribution >= 4 is 0 Å². The van der Waals surface area contributed by atoms with Gasteiger partial charge in [-0.05, 0) is 25.3 Å². The van der Waals surface area contributed by atoms with Gasteiger partial charge in [-0.2, -0.15) is 0 Å². The first-order valence-corrected chi connectivity index (χ1v) is 5.91. The van der Waals surface area contributed by atoms with Crippen molar-refractivity contribution in [3.63, 3.8) is 0 Å². The average Bonchev–Trinajstić information content (AvgIpc) is 2.30. The van der Waals surface area contributed by atoms with E-state index in [9.17, 15) is 13.9 Å². The number of hydrogen-bond donors (Lipinski definition) is 1. The lowest BCUT2D eigenvalue weighted by atomic mass is 9.98. The van der Waals surface area contributed by atoms with Crippen molar-refractivity contribution in [2.24, 2.45) is 0 Å². The molecule has 0 saturated carbocycles. The van der Waals surface area contributed by atoms with Gasteiger partial charge in [0.2, 0.25) is 0 Å². The Hall–Kier alpha value is -1.00. The zero-order valence-corrected chi connectivity index (χ0v) is 9.53. The third kappa shape index (κ3) is 3.23. The van der Waals surface area contributed by atoms with E-state index >= 15 is 0 Å². The molecular formula is C13H16F2O2. The van der Waals surface area contributed by atoms with Crippen LogP contribution < -0.4 is 0 Å². The molecular weight excluding hydrogens is 226 g/mol. The predicted octanol–water partition coefficient (Wildman–Crippen LogP) is 2.96. The van der Waals surface area contributed by atoms with Gasteiger partial charge in [-0.25, -0.2) is 8.78 Å². The van der Waals surface area contributed by atoms with Crippen molar-refractivity contribution in [1.82, 2.24) is 0 Å². The molecule has 4 heteroatoms. The van der Waals surface area contributed by atoms with Crippen LogP contribution in [0, 0.1) is 11.6 Å². The molecule has 0 aromatic heterocycles. The maximum atomic E-state index is 13.4. The molecule has 1 aromatic rings. The van der Waals surface area contributed by atoms with Crippen LogP contribution in [0.5, 0.6) is 0 Å². The van der Waals surface area contributed by atoms with Crippen molar-refractivity contribution < 1.29 is 18.6 Å². The molecule has 1 aromatic carbocycles. The van der Waals surface area contributed by atoms with Gasteiger partial charge in [-0.1, -0.05) is 6.07 Å². The quantitative estimate of drug-likeness (QED) is 0.883. The molecule has 1 aliphatic heterocycles. The molecule has 0 spiro atoms. The minimum Gasteiger partial charge on any atom is -0.388 e. The van der Waals surface area contributed by atoms with Crippen molar-refractivity contribution in [2.45, 2.75) is 37.9 Å². The van der Waals surface area contributed by atoms with E-state index in [4.69, 9.17) is 4.74 Å².